The molecule has 0 atom stereocenters. The average molecular weight is 317 g/mol. The maximum Gasteiger partial charge on any atom is 0.411 e. The van der Waals surface area contributed by atoms with E-state index in [2.05, 4.69) is 15.0 Å². The van der Waals surface area contributed by atoms with Gasteiger partial charge in [0.1, 0.15) is 17.5 Å². The fourth-order valence-electron chi connectivity index (χ4n) is 1.09. The molecule has 4 nitrogen and oxygen atoms in total. The minimum Gasteiger partial charge on any atom is -0.370 e. The van der Waals surface area contributed by atoms with Crippen molar-refractivity contribution in [1.82, 2.24) is 10.3 Å². The van der Waals surface area contributed by atoms with E-state index >= 15 is 0 Å². The van der Waals surface area contributed by atoms with Gasteiger partial charge < -0.3 is 10.1 Å². The van der Waals surface area contributed by atoms with Crippen molar-refractivity contribution >= 4 is 29.1 Å². The van der Waals surface area contributed by atoms with E-state index in [0.717, 1.165) is 0 Å². The van der Waals surface area contributed by atoms with E-state index in [4.69, 9.17) is 23.2 Å². The summed E-state index contributed by atoms with van der Waals surface area (Å²) in [5, 5.41) is 2.50. The summed E-state index contributed by atoms with van der Waals surface area (Å²) in [4.78, 5) is 15.3. The molecule has 1 aromatic heterocycles. The van der Waals surface area contributed by atoms with E-state index < -0.39 is 18.7 Å². The van der Waals surface area contributed by atoms with Crippen LogP contribution in [-0.2, 0) is 4.74 Å². The highest BCUT2D eigenvalue weighted by Crippen LogP contribution is 2.16. The molecule has 1 rings (SSSR count). The van der Waals surface area contributed by atoms with Crippen molar-refractivity contribution in [3.05, 3.63) is 28.0 Å². The largest absolute Gasteiger partial charge is 0.411 e. The third-order valence-corrected chi connectivity index (χ3v) is 2.34. The summed E-state index contributed by atoms with van der Waals surface area (Å²) in [6.45, 7) is -1.73. The van der Waals surface area contributed by atoms with Crippen molar-refractivity contribution in [1.29, 1.82) is 0 Å². The zero-order valence-corrected chi connectivity index (χ0v) is 10.9. The molecule has 19 heavy (non-hydrogen) atoms. The number of amides is 1. The Labute approximate surface area is 116 Å². The summed E-state index contributed by atoms with van der Waals surface area (Å²) >= 11 is 11.3. The molecule has 0 spiro atoms. The smallest absolute Gasteiger partial charge is 0.370 e. The van der Waals surface area contributed by atoms with Gasteiger partial charge in [-0.3, -0.25) is 4.79 Å². The van der Waals surface area contributed by atoms with Gasteiger partial charge in [-0.05, 0) is 12.1 Å². The first kappa shape index (κ1) is 16.0. The van der Waals surface area contributed by atoms with Crippen LogP contribution < -0.4 is 5.32 Å². The lowest BCUT2D eigenvalue weighted by atomic mass is 10.3. The van der Waals surface area contributed by atoms with Gasteiger partial charge in [0.25, 0.3) is 5.91 Å². The molecule has 0 aromatic carbocycles. The Kier molecular flexibility index (Phi) is 5.84. The molecular formula is C10H9Cl2F3N2O2. The van der Waals surface area contributed by atoms with Gasteiger partial charge >= 0.3 is 6.18 Å². The maximum atomic E-state index is 11.7. The first-order chi connectivity index (χ1) is 8.79. The molecule has 0 aliphatic heterocycles. The minimum atomic E-state index is -4.39. The number of nitrogens with one attached hydrogen (secondary N) is 1. The van der Waals surface area contributed by atoms with Crippen LogP contribution in [0.4, 0.5) is 13.2 Å². The van der Waals surface area contributed by atoms with Gasteiger partial charge in [-0.1, -0.05) is 23.2 Å². The standard InChI is InChI=1S/C10H9Cl2F3N2O2/c11-6-1-2-7(12)17-8(6)9(18)16-3-4-19-5-10(13,14)15/h1-2H,3-5H2,(H,16,18). The lowest BCUT2D eigenvalue weighted by molar-refractivity contribution is -0.173. The molecule has 0 bridgehead atoms. The number of hydrogen-bond donors (Lipinski definition) is 1. The van der Waals surface area contributed by atoms with Crippen molar-refractivity contribution < 1.29 is 22.7 Å². The average Bonchev–Trinajstić information content (AvgIpc) is 2.30. The SMILES string of the molecule is O=C(NCCOCC(F)(F)F)c1nc(Cl)ccc1Cl. The highest BCUT2D eigenvalue weighted by Gasteiger charge is 2.27. The Bertz CT molecular complexity index is 455. The molecule has 1 aromatic rings. The topological polar surface area (TPSA) is 51.2 Å². The molecule has 1 N–H and O–H groups in total. The predicted octanol–water partition coefficient (Wildman–Crippen LogP) is 2.70. The summed E-state index contributed by atoms with van der Waals surface area (Å²) in [6.07, 6.45) is -4.39. The fraction of sp³-hybridized carbons (Fsp3) is 0.400. The molecule has 1 heterocycles. The van der Waals surface area contributed by atoms with Crippen LogP contribution in [0.15, 0.2) is 12.1 Å². The summed E-state index contributed by atoms with van der Waals surface area (Å²) in [7, 11) is 0. The van der Waals surface area contributed by atoms with E-state index in [1.165, 1.54) is 12.1 Å². The van der Waals surface area contributed by atoms with Crippen molar-refractivity contribution in [3.63, 3.8) is 0 Å². The van der Waals surface area contributed by atoms with Gasteiger partial charge in [0.2, 0.25) is 0 Å². The molecule has 106 valence electrons. The summed E-state index contributed by atoms with van der Waals surface area (Å²) in [5.74, 6) is -0.636. The first-order valence-corrected chi connectivity index (χ1v) is 5.80. The number of carbonyl (C=O) groups is 1. The van der Waals surface area contributed by atoms with Crippen molar-refractivity contribution in [2.24, 2.45) is 0 Å². The summed E-state index contributed by atoms with van der Waals surface area (Å²) in [5.41, 5.74) is -0.0926. The molecule has 0 aliphatic rings. The number of carbonyl (C=O) groups excluding carboxylic acids is 1. The maximum absolute atomic E-state index is 11.7. The van der Waals surface area contributed by atoms with Gasteiger partial charge in [-0.2, -0.15) is 13.2 Å². The van der Waals surface area contributed by atoms with Crippen LogP contribution in [0.2, 0.25) is 10.2 Å². The number of alkyl halides is 3. The van der Waals surface area contributed by atoms with Crippen molar-refractivity contribution in [3.8, 4) is 0 Å². The lowest BCUT2D eigenvalue weighted by Crippen LogP contribution is -2.29. The molecule has 0 saturated heterocycles. The van der Waals surface area contributed by atoms with Gasteiger partial charge in [0.15, 0.2) is 0 Å². The van der Waals surface area contributed by atoms with E-state index in [1.54, 1.807) is 0 Å². The summed E-state index contributed by atoms with van der Waals surface area (Å²) in [6, 6.07) is 2.80. The molecule has 9 heteroatoms. The molecule has 0 unspecified atom stereocenters. The molecular weight excluding hydrogens is 308 g/mol. The predicted molar refractivity (Wildman–Crippen MR) is 63.5 cm³/mol. The molecule has 0 saturated carbocycles. The van der Waals surface area contributed by atoms with Gasteiger partial charge in [-0.25, -0.2) is 4.98 Å². The third kappa shape index (κ3) is 6.09. The number of rotatable bonds is 5. The number of hydrogen-bond acceptors (Lipinski definition) is 3. The van der Waals surface area contributed by atoms with Crippen LogP contribution >= 0.6 is 23.2 Å². The second-order valence-corrected chi connectivity index (χ2v) is 4.18. The van der Waals surface area contributed by atoms with Crippen LogP contribution in [-0.4, -0.2) is 36.8 Å². The number of nitrogens with zero attached hydrogens (tertiary/aromatic N) is 1. The molecule has 0 fully saturated rings. The number of halogens is 5. The monoisotopic (exact) mass is 316 g/mol. The van der Waals surface area contributed by atoms with Crippen LogP contribution in [0.25, 0.3) is 0 Å². The van der Waals surface area contributed by atoms with Crippen LogP contribution in [0.1, 0.15) is 10.5 Å². The van der Waals surface area contributed by atoms with E-state index in [1.807, 2.05) is 0 Å². The van der Waals surface area contributed by atoms with Gasteiger partial charge in [-0.15, -0.1) is 0 Å². The second-order valence-electron chi connectivity index (χ2n) is 3.39. The number of aromatic nitrogens is 1. The Morgan fingerprint density at radius 1 is 1.37 bits per heavy atom. The van der Waals surface area contributed by atoms with E-state index in [9.17, 15) is 18.0 Å². The minimum absolute atomic E-state index is 0.0860. The third-order valence-electron chi connectivity index (χ3n) is 1.82. The van der Waals surface area contributed by atoms with Crippen LogP contribution in [0.5, 0.6) is 0 Å². The lowest BCUT2D eigenvalue weighted by Gasteiger charge is -2.09. The van der Waals surface area contributed by atoms with E-state index in [-0.39, 0.29) is 29.0 Å². The summed E-state index contributed by atoms with van der Waals surface area (Å²) < 4.78 is 39.6. The Morgan fingerprint density at radius 2 is 2.05 bits per heavy atom. The van der Waals surface area contributed by atoms with Crippen molar-refractivity contribution in [2.45, 2.75) is 6.18 Å². The number of ether oxygens (including phenoxy) is 1. The highest BCUT2D eigenvalue weighted by molar-refractivity contribution is 6.34. The number of pyridine rings is 1. The van der Waals surface area contributed by atoms with Crippen LogP contribution in [0, 0.1) is 0 Å². The second kappa shape index (κ2) is 6.93. The zero-order valence-electron chi connectivity index (χ0n) is 9.43. The van der Waals surface area contributed by atoms with E-state index in [0.29, 0.717) is 0 Å². The zero-order chi connectivity index (χ0) is 14.5. The molecule has 1 amide bonds. The Hall–Kier alpha value is -1.05. The van der Waals surface area contributed by atoms with Gasteiger partial charge in [0.05, 0.1) is 11.6 Å². The van der Waals surface area contributed by atoms with Crippen LogP contribution in [0.3, 0.4) is 0 Å². The quantitative estimate of drug-likeness (QED) is 0.671. The highest BCUT2D eigenvalue weighted by atomic mass is 35.5. The van der Waals surface area contributed by atoms with Gasteiger partial charge in [0, 0.05) is 6.54 Å². The molecule has 0 radical (unpaired) electrons. The Balaban J connectivity index is 2.38. The molecule has 0 aliphatic carbocycles. The fourth-order valence-corrected chi connectivity index (χ4v) is 1.42. The van der Waals surface area contributed by atoms with Crippen molar-refractivity contribution in [2.75, 3.05) is 19.8 Å². The first-order valence-electron chi connectivity index (χ1n) is 5.04. The Morgan fingerprint density at radius 3 is 2.68 bits per heavy atom. The normalized spacial score (nSPS) is 11.4.